The van der Waals surface area contributed by atoms with Gasteiger partial charge in [-0.25, -0.2) is 8.42 Å². The van der Waals surface area contributed by atoms with E-state index in [-0.39, 0.29) is 22.5 Å². The number of halogens is 2. The Bertz CT molecular complexity index is 563. The molecule has 0 aromatic heterocycles. The highest BCUT2D eigenvalue weighted by atomic mass is 79.9. The van der Waals surface area contributed by atoms with Gasteiger partial charge in [0.1, 0.15) is 10.2 Å². The van der Waals surface area contributed by atoms with Crippen LogP contribution >= 0.6 is 26.6 Å². The van der Waals surface area contributed by atoms with Crippen molar-refractivity contribution in [3.63, 3.8) is 0 Å². The van der Waals surface area contributed by atoms with Gasteiger partial charge in [-0.15, -0.1) is 0 Å². The number of hydrogen-bond acceptors (Lipinski definition) is 5. The predicted molar refractivity (Wildman–Crippen MR) is 75.2 cm³/mol. The summed E-state index contributed by atoms with van der Waals surface area (Å²) in [5, 5.41) is 10.7. The number of nitro groups is 1. The number of ether oxygens (including phenoxy) is 1. The van der Waals surface area contributed by atoms with Gasteiger partial charge in [-0.3, -0.25) is 10.1 Å². The molecule has 1 rings (SSSR count). The van der Waals surface area contributed by atoms with Crippen molar-refractivity contribution in [2.24, 2.45) is 0 Å². The molecule has 6 nitrogen and oxygen atoms in total. The molecule has 0 N–H and O–H groups in total. The van der Waals surface area contributed by atoms with Gasteiger partial charge in [0, 0.05) is 16.7 Å². The van der Waals surface area contributed by atoms with Crippen LogP contribution in [0.4, 0.5) is 5.69 Å². The second-order valence-electron chi connectivity index (χ2n) is 3.64. The van der Waals surface area contributed by atoms with Crippen molar-refractivity contribution in [1.29, 1.82) is 0 Å². The summed E-state index contributed by atoms with van der Waals surface area (Å²) in [4.78, 5) is 10.2. The van der Waals surface area contributed by atoms with Crippen LogP contribution in [0.1, 0.15) is 12.8 Å². The molecule has 0 fully saturated rings. The molecule has 0 aliphatic carbocycles. The van der Waals surface area contributed by atoms with Crippen LogP contribution in [0.3, 0.4) is 0 Å². The molecule has 0 bridgehead atoms. The molecule has 0 saturated heterocycles. The average Bonchev–Trinajstić information content (AvgIpc) is 2.28. The van der Waals surface area contributed by atoms with Crippen LogP contribution < -0.4 is 4.74 Å². The Hall–Kier alpha value is -0.860. The van der Waals surface area contributed by atoms with Crippen molar-refractivity contribution in [2.45, 2.75) is 12.8 Å². The van der Waals surface area contributed by atoms with Crippen LogP contribution in [-0.4, -0.2) is 25.7 Å². The largest absolute Gasteiger partial charge is 0.492 e. The van der Waals surface area contributed by atoms with E-state index in [4.69, 9.17) is 15.4 Å². The fourth-order valence-corrected chi connectivity index (χ4v) is 2.71. The normalized spacial score (nSPS) is 11.3. The van der Waals surface area contributed by atoms with Gasteiger partial charge in [0.25, 0.3) is 5.69 Å². The summed E-state index contributed by atoms with van der Waals surface area (Å²) in [6.45, 7) is 0.256. The lowest BCUT2D eigenvalue weighted by Gasteiger charge is -2.07. The molecular formula is C10H11BrClNO5S. The van der Waals surface area contributed by atoms with Gasteiger partial charge < -0.3 is 4.74 Å². The molecule has 0 radical (unpaired) electrons. The highest BCUT2D eigenvalue weighted by molar-refractivity contribution is 9.10. The SMILES string of the molecule is O=[N+]([O-])c1cccc(OCCCCS(=O)(=O)Cl)c1Br. The zero-order chi connectivity index (χ0) is 14.5. The van der Waals surface area contributed by atoms with E-state index in [0.717, 1.165) is 0 Å². The molecular weight excluding hydrogens is 362 g/mol. The summed E-state index contributed by atoms with van der Waals surface area (Å²) in [6.07, 6.45) is 0.861. The zero-order valence-electron chi connectivity index (χ0n) is 9.71. The zero-order valence-corrected chi connectivity index (χ0v) is 12.9. The quantitative estimate of drug-likeness (QED) is 0.318. The summed E-state index contributed by atoms with van der Waals surface area (Å²) < 4.78 is 27.0. The number of nitro benzene ring substituents is 1. The van der Waals surface area contributed by atoms with Crippen molar-refractivity contribution in [3.05, 3.63) is 32.8 Å². The van der Waals surface area contributed by atoms with Crippen molar-refractivity contribution in [1.82, 2.24) is 0 Å². The molecule has 1 aromatic rings. The number of benzene rings is 1. The summed E-state index contributed by atoms with van der Waals surface area (Å²) in [6, 6.07) is 4.47. The molecule has 1 aromatic carbocycles. The summed E-state index contributed by atoms with van der Waals surface area (Å²) >= 11 is 3.10. The van der Waals surface area contributed by atoms with Crippen LogP contribution in [0.15, 0.2) is 22.7 Å². The van der Waals surface area contributed by atoms with Gasteiger partial charge in [-0.05, 0) is 34.8 Å². The molecule has 0 atom stereocenters. The molecule has 19 heavy (non-hydrogen) atoms. The Kier molecular flexibility index (Phi) is 6.02. The second-order valence-corrected chi connectivity index (χ2v) is 7.33. The highest BCUT2D eigenvalue weighted by Gasteiger charge is 2.15. The Balaban J connectivity index is 2.50. The third-order valence-corrected chi connectivity index (χ3v) is 4.22. The minimum Gasteiger partial charge on any atom is -0.492 e. The molecule has 0 spiro atoms. The number of rotatable bonds is 7. The minimum absolute atomic E-state index is 0.0826. The number of unbranched alkanes of at least 4 members (excludes halogenated alkanes) is 1. The topological polar surface area (TPSA) is 86.5 Å². The van der Waals surface area contributed by atoms with Crippen LogP contribution in [0.2, 0.25) is 0 Å². The van der Waals surface area contributed by atoms with Gasteiger partial charge in [0.2, 0.25) is 9.05 Å². The molecule has 9 heteroatoms. The molecule has 0 aliphatic heterocycles. The molecule has 0 saturated carbocycles. The van der Waals surface area contributed by atoms with Crippen LogP contribution in [0.5, 0.6) is 5.75 Å². The third-order valence-electron chi connectivity index (χ3n) is 2.18. The standard InChI is InChI=1S/C10H11BrClNO5S/c11-10-8(13(14)15)4-3-5-9(10)18-6-1-2-7-19(12,16)17/h3-5H,1-2,6-7H2. The van der Waals surface area contributed by atoms with Crippen molar-refractivity contribution in [3.8, 4) is 5.75 Å². The fraction of sp³-hybridized carbons (Fsp3) is 0.400. The maximum absolute atomic E-state index is 10.7. The number of hydrogen-bond donors (Lipinski definition) is 0. The predicted octanol–water partition coefficient (Wildman–Crippen LogP) is 3.08. The Morgan fingerprint density at radius 1 is 1.37 bits per heavy atom. The lowest BCUT2D eigenvalue weighted by atomic mass is 10.3. The van der Waals surface area contributed by atoms with E-state index in [9.17, 15) is 18.5 Å². The molecule has 0 aliphatic rings. The highest BCUT2D eigenvalue weighted by Crippen LogP contribution is 2.33. The molecule has 0 heterocycles. The van der Waals surface area contributed by atoms with Gasteiger partial charge in [-0.1, -0.05) is 6.07 Å². The first-order valence-electron chi connectivity index (χ1n) is 5.29. The van der Waals surface area contributed by atoms with E-state index in [0.29, 0.717) is 18.6 Å². The first kappa shape index (κ1) is 16.2. The molecule has 106 valence electrons. The van der Waals surface area contributed by atoms with E-state index in [1.54, 1.807) is 6.07 Å². The van der Waals surface area contributed by atoms with E-state index < -0.39 is 14.0 Å². The Labute approximate surface area is 123 Å². The summed E-state index contributed by atoms with van der Waals surface area (Å²) in [5.41, 5.74) is -0.0826. The minimum atomic E-state index is -3.48. The van der Waals surface area contributed by atoms with E-state index in [1.807, 2.05) is 0 Å². The number of nitrogens with zero attached hydrogens (tertiary/aromatic N) is 1. The van der Waals surface area contributed by atoms with Crippen molar-refractivity contribution in [2.75, 3.05) is 12.4 Å². The van der Waals surface area contributed by atoms with E-state index in [2.05, 4.69) is 15.9 Å². The molecule has 0 unspecified atom stereocenters. The maximum Gasteiger partial charge on any atom is 0.287 e. The Morgan fingerprint density at radius 2 is 2.05 bits per heavy atom. The smallest absolute Gasteiger partial charge is 0.287 e. The van der Waals surface area contributed by atoms with Crippen LogP contribution in [0.25, 0.3) is 0 Å². The van der Waals surface area contributed by atoms with Crippen LogP contribution in [-0.2, 0) is 9.05 Å². The first-order valence-corrected chi connectivity index (χ1v) is 8.56. The summed E-state index contributed by atoms with van der Waals surface area (Å²) in [7, 11) is 1.58. The van der Waals surface area contributed by atoms with Gasteiger partial charge in [-0.2, -0.15) is 0 Å². The second kappa shape index (κ2) is 7.06. The first-order chi connectivity index (χ1) is 8.81. The molecule has 0 amide bonds. The van der Waals surface area contributed by atoms with Gasteiger partial charge >= 0.3 is 0 Å². The lowest BCUT2D eigenvalue weighted by Crippen LogP contribution is -2.03. The summed E-state index contributed by atoms with van der Waals surface area (Å²) in [5.74, 6) is 0.233. The van der Waals surface area contributed by atoms with Crippen molar-refractivity contribution < 1.29 is 18.1 Å². The fourth-order valence-electron chi connectivity index (χ4n) is 1.31. The van der Waals surface area contributed by atoms with E-state index in [1.165, 1.54) is 12.1 Å². The van der Waals surface area contributed by atoms with E-state index >= 15 is 0 Å². The third kappa shape index (κ3) is 5.75. The Morgan fingerprint density at radius 3 is 2.63 bits per heavy atom. The average molecular weight is 373 g/mol. The maximum atomic E-state index is 10.7. The van der Waals surface area contributed by atoms with Crippen molar-refractivity contribution >= 4 is 41.4 Å². The van der Waals surface area contributed by atoms with Gasteiger partial charge in [0.05, 0.1) is 17.3 Å². The van der Waals surface area contributed by atoms with Crippen LogP contribution in [0, 0.1) is 10.1 Å². The van der Waals surface area contributed by atoms with Gasteiger partial charge in [0.15, 0.2) is 0 Å². The lowest BCUT2D eigenvalue weighted by molar-refractivity contribution is -0.385. The monoisotopic (exact) mass is 371 g/mol.